The SMILES string of the molecule is CCCOc1cc(C)ccc1NC(C)=O. The third kappa shape index (κ3) is 3.62. The Kier molecular flexibility index (Phi) is 4.16. The minimum absolute atomic E-state index is 0.0831. The lowest BCUT2D eigenvalue weighted by Gasteiger charge is -2.11. The van der Waals surface area contributed by atoms with Crippen LogP contribution in [-0.4, -0.2) is 12.5 Å². The van der Waals surface area contributed by atoms with Crippen molar-refractivity contribution >= 4 is 11.6 Å². The van der Waals surface area contributed by atoms with Crippen LogP contribution in [0.25, 0.3) is 0 Å². The van der Waals surface area contributed by atoms with Crippen molar-refractivity contribution in [3.63, 3.8) is 0 Å². The van der Waals surface area contributed by atoms with Gasteiger partial charge in [-0.1, -0.05) is 13.0 Å². The predicted octanol–water partition coefficient (Wildman–Crippen LogP) is 2.74. The van der Waals surface area contributed by atoms with E-state index in [1.165, 1.54) is 6.92 Å². The molecule has 3 nitrogen and oxygen atoms in total. The Morgan fingerprint density at radius 2 is 2.20 bits per heavy atom. The van der Waals surface area contributed by atoms with Crippen molar-refractivity contribution < 1.29 is 9.53 Å². The lowest BCUT2D eigenvalue weighted by Crippen LogP contribution is -2.08. The number of aryl methyl sites for hydroxylation is 1. The van der Waals surface area contributed by atoms with Gasteiger partial charge in [0.05, 0.1) is 12.3 Å². The second-order valence-electron chi connectivity index (χ2n) is 3.53. The zero-order valence-electron chi connectivity index (χ0n) is 9.46. The number of hydrogen-bond donors (Lipinski definition) is 1. The van der Waals surface area contributed by atoms with Gasteiger partial charge in [0.15, 0.2) is 0 Å². The Morgan fingerprint density at radius 3 is 2.80 bits per heavy atom. The highest BCUT2D eigenvalue weighted by Gasteiger charge is 2.04. The van der Waals surface area contributed by atoms with Crippen molar-refractivity contribution in [3.8, 4) is 5.75 Å². The number of benzene rings is 1. The number of carbonyl (C=O) groups is 1. The van der Waals surface area contributed by atoms with Crippen LogP contribution >= 0.6 is 0 Å². The van der Waals surface area contributed by atoms with Crippen molar-refractivity contribution in [2.24, 2.45) is 0 Å². The van der Waals surface area contributed by atoms with E-state index in [9.17, 15) is 4.79 Å². The maximum atomic E-state index is 11.0. The Hall–Kier alpha value is -1.51. The lowest BCUT2D eigenvalue weighted by molar-refractivity contribution is -0.114. The fourth-order valence-corrected chi connectivity index (χ4v) is 1.25. The van der Waals surface area contributed by atoms with E-state index in [1.54, 1.807) is 0 Å². The van der Waals surface area contributed by atoms with Crippen molar-refractivity contribution in [2.75, 3.05) is 11.9 Å². The molecule has 0 spiro atoms. The summed E-state index contributed by atoms with van der Waals surface area (Å²) in [7, 11) is 0. The number of rotatable bonds is 4. The highest BCUT2D eigenvalue weighted by Crippen LogP contribution is 2.25. The predicted molar refractivity (Wildman–Crippen MR) is 61.3 cm³/mol. The molecule has 3 heteroatoms. The summed E-state index contributed by atoms with van der Waals surface area (Å²) in [5, 5.41) is 2.75. The molecule has 0 aliphatic carbocycles. The van der Waals surface area contributed by atoms with E-state index < -0.39 is 0 Å². The quantitative estimate of drug-likeness (QED) is 0.824. The third-order valence-corrected chi connectivity index (χ3v) is 1.91. The molecule has 0 unspecified atom stereocenters. The molecular formula is C12H17NO2. The lowest BCUT2D eigenvalue weighted by atomic mass is 10.2. The molecule has 0 saturated carbocycles. The van der Waals surface area contributed by atoms with Gasteiger partial charge in [0, 0.05) is 6.92 Å². The average molecular weight is 207 g/mol. The van der Waals surface area contributed by atoms with Gasteiger partial charge in [-0.2, -0.15) is 0 Å². The van der Waals surface area contributed by atoms with Gasteiger partial charge < -0.3 is 10.1 Å². The maximum absolute atomic E-state index is 11.0. The van der Waals surface area contributed by atoms with Crippen LogP contribution in [0, 0.1) is 6.92 Å². The van der Waals surface area contributed by atoms with Crippen LogP contribution in [0.15, 0.2) is 18.2 Å². The van der Waals surface area contributed by atoms with Crippen molar-refractivity contribution in [2.45, 2.75) is 27.2 Å². The minimum Gasteiger partial charge on any atom is -0.491 e. The number of amides is 1. The smallest absolute Gasteiger partial charge is 0.221 e. The highest BCUT2D eigenvalue weighted by molar-refractivity contribution is 5.90. The molecular weight excluding hydrogens is 190 g/mol. The number of carbonyl (C=O) groups excluding carboxylic acids is 1. The molecule has 0 aliphatic heterocycles. The van der Waals surface area contributed by atoms with E-state index in [1.807, 2.05) is 32.0 Å². The van der Waals surface area contributed by atoms with E-state index in [0.717, 1.165) is 23.4 Å². The molecule has 1 rings (SSSR count). The van der Waals surface area contributed by atoms with Crippen molar-refractivity contribution in [1.29, 1.82) is 0 Å². The molecule has 1 amide bonds. The van der Waals surface area contributed by atoms with Crippen LogP contribution in [0.5, 0.6) is 5.75 Å². The molecule has 1 aromatic rings. The van der Waals surface area contributed by atoms with E-state index in [0.29, 0.717) is 6.61 Å². The van der Waals surface area contributed by atoms with E-state index in [-0.39, 0.29) is 5.91 Å². The first-order chi connectivity index (χ1) is 7.13. The van der Waals surface area contributed by atoms with Gasteiger partial charge in [0.2, 0.25) is 5.91 Å². The standard InChI is InChI=1S/C12H17NO2/c1-4-7-15-12-8-9(2)5-6-11(12)13-10(3)14/h5-6,8H,4,7H2,1-3H3,(H,13,14). The summed E-state index contributed by atoms with van der Waals surface area (Å²) in [6.45, 7) is 6.20. The summed E-state index contributed by atoms with van der Waals surface area (Å²) < 4.78 is 5.55. The van der Waals surface area contributed by atoms with Crippen molar-refractivity contribution in [3.05, 3.63) is 23.8 Å². The zero-order chi connectivity index (χ0) is 11.3. The number of hydrogen-bond acceptors (Lipinski definition) is 2. The van der Waals surface area contributed by atoms with Gasteiger partial charge in [-0.05, 0) is 31.0 Å². The number of anilines is 1. The van der Waals surface area contributed by atoms with Crippen LogP contribution in [0.4, 0.5) is 5.69 Å². The number of ether oxygens (including phenoxy) is 1. The first kappa shape index (κ1) is 11.6. The summed E-state index contributed by atoms with van der Waals surface area (Å²) in [5.74, 6) is 0.659. The molecule has 0 aromatic heterocycles. The van der Waals surface area contributed by atoms with Gasteiger partial charge in [-0.15, -0.1) is 0 Å². The molecule has 0 fully saturated rings. The fourth-order valence-electron chi connectivity index (χ4n) is 1.25. The Labute approximate surface area is 90.4 Å². The summed E-state index contributed by atoms with van der Waals surface area (Å²) >= 11 is 0. The van der Waals surface area contributed by atoms with Crippen LogP contribution in [0.2, 0.25) is 0 Å². The van der Waals surface area contributed by atoms with E-state index in [4.69, 9.17) is 4.74 Å². The van der Waals surface area contributed by atoms with Crippen molar-refractivity contribution in [1.82, 2.24) is 0 Å². The van der Waals surface area contributed by atoms with Gasteiger partial charge in [-0.3, -0.25) is 4.79 Å². The van der Waals surface area contributed by atoms with E-state index in [2.05, 4.69) is 5.32 Å². The summed E-state index contributed by atoms with van der Waals surface area (Å²) in [4.78, 5) is 11.0. The molecule has 0 bridgehead atoms. The Morgan fingerprint density at radius 1 is 1.47 bits per heavy atom. The number of nitrogens with one attached hydrogen (secondary N) is 1. The largest absolute Gasteiger partial charge is 0.491 e. The van der Waals surface area contributed by atoms with Gasteiger partial charge in [0.1, 0.15) is 5.75 Å². The average Bonchev–Trinajstić information content (AvgIpc) is 2.18. The Balaban J connectivity index is 2.87. The molecule has 1 aromatic carbocycles. The topological polar surface area (TPSA) is 38.3 Å². The molecule has 0 aliphatic rings. The molecule has 0 atom stereocenters. The van der Waals surface area contributed by atoms with Crippen LogP contribution in [0.1, 0.15) is 25.8 Å². The van der Waals surface area contributed by atoms with Gasteiger partial charge in [0.25, 0.3) is 0 Å². The summed E-state index contributed by atoms with van der Waals surface area (Å²) in [6.07, 6.45) is 0.952. The fraction of sp³-hybridized carbons (Fsp3) is 0.417. The monoisotopic (exact) mass is 207 g/mol. The first-order valence-corrected chi connectivity index (χ1v) is 5.14. The normalized spacial score (nSPS) is 9.80. The molecule has 1 N–H and O–H groups in total. The van der Waals surface area contributed by atoms with E-state index >= 15 is 0 Å². The molecule has 15 heavy (non-hydrogen) atoms. The van der Waals surface area contributed by atoms with Crippen LogP contribution in [-0.2, 0) is 4.79 Å². The molecule has 0 radical (unpaired) electrons. The van der Waals surface area contributed by atoms with Gasteiger partial charge >= 0.3 is 0 Å². The first-order valence-electron chi connectivity index (χ1n) is 5.14. The zero-order valence-corrected chi connectivity index (χ0v) is 9.46. The molecule has 0 heterocycles. The second-order valence-corrected chi connectivity index (χ2v) is 3.53. The molecule has 0 saturated heterocycles. The summed E-state index contributed by atoms with van der Waals surface area (Å²) in [6, 6.07) is 5.74. The highest BCUT2D eigenvalue weighted by atomic mass is 16.5. The van der Waals surface area contributed by atoms with Crippen LogP contribution in [0.3, 0.4) is 0 Å². The minimum atomic E-state index is -0.0831. The summed E-state index contributed by atoms with van der Waals surface area (Å²) in [5.41, 5.74) is 1.86. The van der Waals surface area contributed by atoms with Crippen LogP contribution < -0.4 is 10.1 Å². The maximum Gasteiger partial charge on any atom is 0.221 e. The second kappa shape index (κ2) is 5.39. The molecule has 82 valence electrons. The Bertz CT molecular complexity index is 347. The third-order valence-electron chi connectivity index (χ3n) is 1.91. The van der Waals surface area contributed by atoms with Gasteiger partial charge in [-0.25, -0.2) is 0 Å².